The lowest BCUT2D eigenvalue weighted by Gasteiger charge is -2.24. The molecule has 0 saturated carbocycles. The van der Waals surface area contributed by atoms with Crippen molar-refractivity contribution in [1.29, 1.82) is 0 Å². The highest BCUT2D eigenvalue weighted by molar-refractivity contribution is 7.10. The normalized spacial score (nSPS) is 18.4. The summed E-state index contributed by atoms with van der Waals surface area (Å²) in [6, 6.07) is 2.45. The van der Waals surface area contributed by atoms with E-state index in [0.717, 1.165) is 6.42 Å². The first-order valence-electron chi connectivity index (χ1n) is 5.84. The van der Waals surface area contributed by atoms with Crippen LogP contribution in [0.15, 0.2) is 17.8 Å². The Hall–Kier alpha value is -1.33. The Labute approximate surface area is 114 Å². The largest absolute Gasteiger partial charge is 0.382 e. The van der Waals surface area contributed by atoms with Gasteiger partial charge in [0.2, 0.25) is 0 Å². The molecule has 1 atom stereocenters. The molecule has 3 rings (SSSR count). The van der Waals surface area contributed by atoms with Gasteiger partial charge in [-0.25, -0.2) is 9.97 Å². The number of thiophene rings is 1. The maximum Gasteiger partial charge on any atom is 0.150 e. The van der Waals surface area contributed by atoms with E-state index < -0.39 is 0 Å². The van der Waals surface area contributed by atoms with Gasteiger partial charge in [0.25, 0.3) is 0 Å². The molecule has 0 spiro atoms. The number of halogens is 1. The third-order valence-corrected chi connectivity index (χ3v) is 4.55. The summed E-state index contributed by atoms with van der Waals surface area (Å²) < 4.78 is 0. The number of nitrogens with zero attached hydrogens (tertiary/aromatic N) is 2. The van der Waals surface area contributed by atoms with Crippen molar-refractivity contribution < 1.29 is 0 Å². The van der Waals surface area contributed by atoms with Crippen molar-refractivity contribution in [3.8, 4) is 0 Å². The minimum Gasteiger partial charge on any atom is -0.382 e. The first-order chi connectivity index (χ1) is 8.75. The van der Waals surface area contributed by atoms with Crippen LogP contribution in [0.5, 0.6) is 0 Å². The summed E-state index contributed by atoms with van der Waals surface area (Å²) in [5, 5.41) is 5.92. The highest BCUT2D eigenvalue weighted by atomic mass is 35.5. The van der Waals surface area contributed by atoms with Gasteiger partial charge in [0.15, 0.2) is 5.82 Å². The monoisotopic (exact) mass is 280 g/mol. The lowest BCUT2D eigenvalue weighted by atomic mass is 9.94. The molecule has 2 aromatic heterocycles. The van der Waals surface area contributed by atoms with E-state index in [-0.39, 0.29) is 6.04 Å². The first kappa shape index (κ1) is 11.7. The standard InChI is InChI=1S/C12H13ClN4S/c13-10-11(14)15-6-16-12(10)17-8-2-1-3-9-7(8)4-5-18-9/h4-6,8H,1-3H2,(H3,14,15,16,17). The fourth-order valence-electron chi connectivity index (χ4n) is 2.29. The van der Waals surface area contributed by atoms with E-state index in [1.54, 1.807) is 0 Å². The number of fused-ring (bicyclic) bond motifs is 1. The Morgan fingerprint density at radius 1 is 1.44 bits per heavy atom. The Balaban J connectivity index is 1.88. The molecule has 3 N–H and O–H groups in total. The zero-order valence-corrected chi connectivity index (χ0v) is 11.3. The molecule has 1 unspecified atom stereocenters. The summed E-state index contributed by atoms with van der Waals surface area (Å²) >= 11 is 7.92. The summed E-state index contributed by atoms with van der Waals surface area (Å²) in [6.07, 6.45) is 4.87. The molecule has 2 aromatic rings. The topological polar surface area (TPSA) is 63.8 Å². The molecule has 4 nitrogen and oxygen atoms in total. The average Bonchev–Trinajstić information content (AvgIpc) is 2.84. The van der Waals surface area contributed by atoms with Gasteiger partial charge in [-0.15, -0.1) is 11.3 Å². The van der Waals surface area contributed by atoms with Crippen LogP contribution in [0.2, 0.25) is 5.02 Å². The minimum absolute atomic E-state index is 0.270. The van der Waals surface area contributed by atoms with Crippen molar-refractivity contribution in [3.63, 3.8) is 0 Å². The van der Waals surface area contributed by atoms with Crippen LogP contribution in [0, 0.1) is 0 Å². The molecule has 1 aliphatic rings. The van der Waals surface area contributed by atoms with Crippen LogP contribution >= 0.6 is 22.9 Å². The Morgan fingerprint density at radius 3 is 3.22 bits per heavy atom. The molecule has 0 fully saturated rings. The Morgan fingerprint density at radius 2 is 2.33 bits per heavy atom. The van der Waals surface area contributed by atoms with E-state index in [1.165, 1.54) is 29.6 Å². The SMILES string of the molecule is Nc1ncnc(NC2CCCc3sccc32)c1Cl. The molecule has 1 aliphatic carbocycles. The van der Waals surface area contributed by atoms with Crippen molar-refractivity contribution in [3.05, 3.63) is 33.2 Å². The van der Waals surface area contributed by atoms with E-state index in [1.807, 2.05) is 11.3 Å². The zero-order chi connectivity index (χ0) is 12.5. The summed E-state index contributed by atoms with van der Waals surface area (Å²) in [5.41, 5.74) is 7.04. The number of nitrogens with two attached hydrogens (primary N) is 1. The van der Waals surface area contributed by atoms with Crippen molar-refractivity contribution >= 4 is 34.6 Å². The Bertz CT molecular complexity index is 569. The summed E-state index contributed by atoms with van der Waals surface area (Å²) in [6.45, 7) is 0. The zero-order valence-electron chi connectivity index (χ0n) is 9.69. The molecule has 0 radical (unpaired) electrons. The van der Waals surface area contributed by atoms with Crippen molar-refractivity contribution in [2.24, 2.45) is 0 Å². The fraction of sp³-hybridized carbons (Fsp3) is 0.333. The second kappa shape index (κ2) is 4.74. The van der Waals surface area contributed by atoms with E-state index in [0.29, 0.717) is 16.7 Å². The molecule has 18 heavy (non-hydrogen) atoms. The predicted octanol–water partition coefficient (Wildman–Crippen LogP) is 3.26. The lowest BCUT2D eigenvalue weighted by Crippen LogP contribution is -2.17. The van der Waals surface area contributed by atoms with Crippen LogP contribution in [0.25, 0.3) is 0 Å². The van der Waals surface area contributed by atoms with Gasteiger partial charge in [0, 0.05) is 4.88 Å². The third kappa shape index (κ3) is 2.04. The van der Waals surface area contributed by atoms with Gasteiger partial charge in [-0.1, -0.05) is 11.6 Å². The van der Waals surface area contributed by atoms with Crippen LogP contribution in [0.4, 0.5) is 11.6 Å². The van der Waals surface area contributed by atoms with Crippen molar-refractivity contribution in [2.75, 3.05) is 11.1 Å². The van der Waals surface area contributed by atoms with Gasteiger partial charge in [-0.2, -0.15) is 0 Å². The maximum absolute atomic E-state index is 6.10. The predicted molar refractivity (Wildman–Crippen MR) is 75.1 cm³/mol. The van der Waals surface area contributed by atoms with Gasteiger partial charge in [-0.3, -0.25) is 0 Å². The Kier molecular flexibility index (Phi) is 3.09. The molecule has 0 bridgehead atoms. The molecular formula is C12H13ClN4S. The quantitative estimate of drug-likeness (QED) is 0.886. The number of hydrogen-bond acceptors (Lipinski definition) is 5. The first-order valence-corrected chi connectivity index (χ1v) is 7.10. The van der Waals surface area contributed by atoms with Gasteiger partial charge < -0.3 is 11.1 Å². The van der Waals surface area contributed by atoms with E-state index >= 15 is 0 Å². The van der Waals surface area contributed by atoms with Crippen LogP contribution in [0.1, 0.15) is 29.3 Å². The molecule has 0 saturated heterocycles. The molecule has 6 heteroatoms. The summed E-state index contributed by atoms with van der Waals surface area (Å²) in [7, 11) is 0. The number of aromatic nitrogens is 2. The van der Waals surface area contributed by atoms with Gasteiger partial charge in [0.05, 0.1) is 6.04 Å². The molecule has 94 valence electrons. The third-order valence-electron chi connectivity index (χ3n) is 3.18. The van der Waals surface area contributed by atoms with Crippen LogP contribution in [0.3, 0.4) is 0 Å². The second-order valence-electron chi connectivity index (χ2n) is 4.31. The molecule has 2 heterocycles. The lowest BCUT2D eigenvalue weighted by molar-refractivity contribution is 0.607. The number of nitrogen functional groups attached to an aromatic ring is 1. The number of anilines is 2. The number of nitrogens with one attached hydrogen (secondary N) is 1. The molecule has 0 aliphatic heterocycles. The van der Waals surface area contributed by atoms with Crippen LogP contribution < -0.4 is 11.1 Å². The van der Waals surface area contributed by atoms with Gasteiger partial charge in [0.1, 0.15) is 17.2 Å². The van der Waals surface area contributed by atoms with E-state index in [2.05, 4.69) is 26.7 Å². The number of aryl methyl sites for hydroxylation is 1. The summed E-state index contributed by atoms with van der Waals surface area (Å²) in [5.74, 6) is 0.934. The van der Waals surface area contributed by atoms with Crippen LogP contribution in [-0.4, -0.2) is 9.97 Å². The van der Waals surface area contributed by atoms with Crippen molar-refractivity contribution in [1.82, 2.24) is 9.97 Å². The maximum atomic E-state index is 6.10. The highest BCUT2D eigenvalue weighted by Gasteiger charge is 2.22. The smallest absolute Gasteiger partial charge is 0.150 e. The second-order valence-corrected chi connectivity index (χ2v) is 5.69. The molecule has 0 aromatic carbocycles. The van der Waals surface area contributed by atoms with Gasteiger partial charge in [-0.05, 0) is 36.3 Å². The fourth-order valence-corrected chi connectivity index (χ4v) is 3.43. The highest BCUT2D eigenvalue weighted by Crippen LogP contribution is 2.36. The average molecular weight is 281 g/mol. The van der Waals surface area contributed by atoms with Crippen LogP contribution in [-0.2, 0) is 6.42 Å². The summed E-state index contributed by atoms with van der Waals surface area (Å²) in [4.78, 5) is 9.48. The number of hydrogen-bond donors (Lipinski definition) is 2. The minimum atomic E-state index is 0.270. The number of rotatable bonds is 2. The van der Waals surface area contributed by atoms with Crippen molar-refractivity contribution in [2.45, 2.75) is 25.3 Å². The molecular weight excluding hydrogens is 268 g/mol. The molecule has 0 amide bonds. The van der Waals surface area contributed by atoms with Gasteiger partial charge >= 0.3 is 0 Å². The van der Waals surface area contributed by atoms with E-state index in [4.69, 9.17) is 17.3 Å². The van der Waals surface area contributed by atoms with E-state index in [9.17, 15) is 0 Å².